The molecule has 126 valence electrons. The highest BCUT2D eigenvalue weighted by atomic mass is 19.1. The van der Waals surface area contributed by atoms with Gasteiger partial charge in [-0.15, -0.1) is 0 Å². The van der Waals surface area contributed by atoms with Gasteiger partial charge in [-0.25, -0.2) is 4.39 Å². The first-order chi connectivity index (χ1) is 11.6. The van der Waals surface area contributed by atoms with Crippen molar-refractivity contribution < 1.29 is 18.7 Å². The number of hydrogen-bond donors (Lipinski definition) is 1. The van der Waals surface area contributed by atoms with Crippen LogP contribution in [0.3, 0.4) is 0 Å². The Morgan fingerprint density at radius 2 is 2.00 bits per heavy atom. The maximum Gasteiger partial charge on any atom is 0.265 e. The molecule has 0 saturated carbocycles. The molecule has 0 saturated heterocycles. The average molecular weight is 329 g/mol. The molecular formula is C19H20FNO3. The third kappa shape index (κ3) is 5.12. The molecule has 1 N–H and O–H groups in total. The lowest BCUT2D eigenvalue weighted by atomic mass is 10.2. The number of carbonyl (C=O) groups is 1. The number of hydrogen-bond acceptors (Lipinski definition) is 3. The Morgan fingerprint density at radius 1 is 1.25 bits per heavy atom. The topological polar surface area (TPSA) is 47.6 Å². The molecule has 0 aliphatic heterocycles. The molecular weight excluding hydrogens is 309 g/mol. The zero-order valence-electron chi connectivity index (χ0n) is 13.5. The molecule has 2 rings (SSSR count). The molecule has 0 fully saturated rings. The first kappa shape index (κ1) is 17.5. The summed E-state index contributed by atoms with van der Waals surface area (Å²) in [6, 6.07) is 12.7. The Morgan fingerprint density at radius 3 is 2.67 bits per heavy atom. The van der Waals surface area contributed by atoms with Crippen molar-refractivity contribution in [3.05, 3.63) is 67.0 Å². The molecule has 1 atom stereocenters. The van der Waals surface area contributed by atoms with E-state index in [2.05, 4.69) is 11.9 Å². The fourth-order valence-corrected chi connectivity index (χ4v) is 2.04. The fourth-order valence-electron chi connectivity index (χ4n) is 2.04. The van der Waals surface area contributed by atoms with Crippen molar-refractivity contribution in [1.29, 1.82) is 0 Å². The van der Waals surface area contributed by atoms with Crippen LogP contribution in [0, 0.1) is 5.82 Å². The number of nitrogens with one attached hydrogen (secondary N) is 1. The number of ether oxygens (including phenoxy) is 2. The second-order valence-electron chi connectivity index (χ2n) is 5.09. The molecule has 24 heavy (non-hydrogen) atoms. The summed E-state index contributed by atoms with van der Waals surface area (Å²) in [5.74, 6) is 0.459. The van der Waals surface area contributed by atoms with E-state index in [1.165, 1.54) is 24.3 Å². The van der Waals surface area contributed by atoms with Gasteiger partial charge in [0.1, 0.15) is 23.9 Å². The van der Waals surface area contributed by atoms with E-state index in [1.54, 1.807) is 30.3 Å². The van der Waals surface area contributed by atoms with Crippen molar-refractivity contribution in [2.45, 2.75) is 19.4 Å². The van der Waals surface area contributed by atoms with Gasteiger partial charge in [-0.05, 0) is 42.8 Å². The standard InChI is InChI=1S/C19H20FNO3/c1-3-12-23-17-7-5-6-15(13-17)21-19(22)18(4-2)24-16-10-8-14(20)9-11-16/h3,5-11,13,18H,1,4,12H2,2H3,(H,21,22)/t18-/m1/s1. The summed E-state index contributed by atoms with van der Waals surface area (Å²) in [5.41, 5.74) is 0.614. The quantitative estimate of drug-likeness (QED) is 0.739. The first-order valence-electron chi connectivity index (χ1n) is 7.69. The summed E-state index contributed by atoms with van der Waals surface area (Å²) in [4.78, 5) is 12.4. The maximum absolute atomic E-state index is 12.9. The van der Waals surface area contributed by atoms with E-state index >= 15 is 0 Å². The number of benzene rings is 2. The second-order valence-corrected chi connectivity index (χ2v) is 5.09. The molecule has 0 aliphatic rings. The Labute approximate surface area is 140 Å². The Balaban J connectivity index is 2.00. The minimum absolute atomic E-state index is 0.275. The molecule has 0 spiro atoms. The molecule has 0 radical (unpaired) electrons. The van der Waals surface area contributed by atoms with Gasteiger partial charge in [-0.2, -0.15) is 0 Å². The van der Waals surface area contributed by atoms with Gasteiger partial charge in [0.15, 0.2) is 6.10 Å². The van der Waals surface area contributed by atoms with Gasteiger partial charge in [-0.1, -0.05) is 25.6 Å². The summed E-state index contributed by atoms with van der Waals surface area (Å²) in [7, 11) is 0. The molecule has 5 heteroatoms. The molecule has 4 nitrogen and oxygen atoms in total. The van der Waals surface area contributed by atoms with Crippen molar-refractivity contribution in [3.8, 4) is 11.5 Å². The first-order valence-corrected chi connectivity index (χ1v) is 7.69. The number of anilines is 1. The highest BCUT2D eigenvalue weighted by Crippen LogP contribution is 2.19. The van der Waals surface area contributed by atoms with Gasteiger partial charge in [-0.3, -0.25) is 4.79 Å². The normalized spacial score (nSPS) is 11.4. The summed E-state index contributed by atoms with van der Waals surface area (Å²) < 4.78 is 24.0. The maximum atomic E-state index is 12.9. The zero-order chi connectivity index (χ0) is 17.4. The zero-order valence-corrected chi connectivity index (χ0v) is 13.5. The van der Waals surface area contributed by atoms with Crippen LogP contribution >= 0.6 is 0 Å². The summed E-state index contributed by atoms with van der Waals surface area (Å²) in [6.45, 7) is 5.83. The smallest absolute Gasteiger partial charge is 0.265 e. The Bertz CT molecular complexity index is 685. The lowest BCUT2D eigenvalue weighted by Gasteiger charge is -2.17. The molecule has 0 aliphatic carbocycles. The van der Waals surface area contributed by atoms with E-state index < -0.39 is 6.10 Å². The minimum Gasteiger partial charge on any atom is -0.489 e. The minimum atomic E-state index is -0.673. The largest absolute Gasteiger partial charge is 0.489 e. The SMILES string of the molecule is C=CCOc1cccc(NC(=O)[C@@H](CC)Oc2ccc(F)cc2)c1. The molecule has 0 bridgehead atoms. The van der Waals surface area contributed by atoms with E-state index in [9.17, 15) is 9.18 Å². The third-order valence-electron chi connectivity index (χ3n) is 3.22. The molecule has 2 aromatic rings. The van der Waals surface area contributed by atoms with Crippen molar-refractivity contribution >= 4 is 11.6 Å². The number of rotatable bonds is 8. The van der Waals surface area contributed by atoms with Crippen molar-refractivity contribution in [2.75, 3.05) is 11.9 Å². The fraction of sp³-hybridized carbons (Fsp3) is 0.211. The van der Waals surface area contributed by atoms with Crippen LogP contribution < -0.4 is 14.8 Å². The predicted molar refractivity (Wildman–Crippen MR) is 91.9 cm³/mol. The van der Waals surface area contributed by atoms with Crippen LogP contribution in [-0.2, 0) is 4.79 Å². The van der Waals surface area contributed by atoms with Crippen LogP contribution in [0.2, 0.25) is 0 Å². The molecule has 1 amide bonds. The van der Waals surface area contributed by atoms with E-state index in [4.69, 9.17) is 9.47 Å². The van der Waals surface area contributed by atoms with Gasteiger partial charge < -0.3 is 14.8 Å². The lowest BCUT2D eigenvalue weighted by Crippen LogP contribution is -2.32. The monoisotopic (exact) mass is 329 g/mol. The van der Waals surface area contributed by atoms with E-state index in [0.717, 1.165) is 0 Å². The van der Waals surface area contributed by atoms with Gasteiger partial charge in [0, 0.05) is 11.8 Å². The molecule has 2 aromatic carbocycles. The van der Waals surface area contributed by atoms with E-state index in [-0.39, 0.29) is 11.7 Å². The summed E-state index contributed by atoms with van der Waals surface area (Å²) in [6.07, 6.45) is 1.46. The van der Waals surface area contributed by atoms with Crippen LogP contribution in [0.1, 0.15) is 13.3 Å². The number of carbonyl (C=O) groups excluding carboxylic acids is 1. The summed E-state index contributed by atoms with van der Waals surface area (Å²) >= 11 is 0. The number of halogens is 1. The van der Waals surface area contributed by atoms with Crippen molar-refractivity contribution in [2.24, 2.45) is 0 Å². The van der Waals surface area contributed by atoms with Crippen molar-refractivity contribution in [1.82, 2.24) is 0 Å². The van der Waals surface area contributed by atoms with Crippen LogP contribution in [0.15, 0.2) is 61.2 Å². The lowest BCUT2D eigenvalue weighted by molar-refractivity contribution is -0.122. The van der Waals surface area contributed by atoms with Gasteiger partial charge in [0.25, 0.3) is 5.91 Å². The van der Waals surface area contributed by atoms with E-state index in [1.807, 2.05) is 6.92 Å². The Hall–Kier alpha value is -2.82. The van der Waals surface area contributed by atoms with Gasteiger partial charge in [0.05, 0.1) is 0 Å². The van der Waals surface area contributed by atoms with Gasteiger partial charge >= 0.3 is 0 Å². The van der Waals surface area contributed by atoms with Crippen molar-refractivity contribution in [3.63, 3.8) is 0 Å². The van der Waals surface area contributed by atoms with Crippen LogP contribution in [0.5, 0.6) is 11.5 Å². The Kier molecular flexibility index (Phi) is 6.37. The van der Waals surface area contributed by atoms with E-state index in [0.29, 0.717) is 30.2 Å². The van der Waals surface area contributed by atoms with Crippen LogP contribution in [0.25, 0.3) is 0 Å². The second kappa shape index (κ2) is 8.72. The molecule has 0 heterocycles. The van der Waals surface area contributed by atoms with Crippen LogP contribution in [-0.4, -0.2) is 18.6 Å². The average Bonchev–Trinajstić information content (AvgIpc) is 2.59. The van der Waals surface area contributed by atoms with Crippen LogP contribution in [0.4, 0.5) is 10.1 Å². The number of amides is 1. The summed E-state index contributed by atoms with van der Waals surface area (Å²) in [5, 5.41) is 2.80. The molecule has 0 unspecified atom stereocenters. The highest BCUT2D eigenvalue weighted by molar-refractivity contribution is 5.94. The highest BCUT2D eigenvalue weighted by Gasteiger charge is 2.18. The third-order valence-corrected chi connectivity index (χ3v) is 3.22. The van der Waals surface area contributed by atoms with Gasteiger partial charge in [0.2, 0.25) is 0 Å². The predicted octanol–water partition coefficient (Wildman–Crippen LogP) is 4.19. The molecule has 0 aromatic heterocycles.